The van der Waals surface area contributed by atoms with E-state index >= 15 is 0 Å². The molecule has 0 aliphatic heterocycles. The van der Waals surface area contributed by atoms with E-state index in [1.807, 2.05) is 6.92 Å². The highest BCUT2D eigenvalue weighted by Crippen LogP contribution is 2.29. The first-order chi connectivity index (χ1) is 8.56. The maximum Gasteiger partial charge on any atom is 0.223 e. The largest absolute Gasteiger partial charge is 0.369 e. The second-order valence-corrected chi connectivity index (χ2v) is 5.90. The second kappa shape index (κ2) is 10.4. The Balaban J connectivity index is 3.59. The molecule has 0 fully saturated rings. The standard InChI is InChI=1S/C16H33NO/c1-4-6-7-8-9-10-11-12-14-16(3,13-5-2)15(17)18/h4-14H2,1-3H3,(H2,17,18). The van der Waals surface area contributed by atoms with E-state index in [1.54, 1.807) is 0 Å². The zero-order valence-corrected chi connectivity index (χ0v) is 12.8. The van der Waals surface area contributed by atoms with Crippen molar-refractivity contribution in [2.24, 2.45) is 11.1 Å². The molecular weight excluding hydrogens is 222 g/mol. The van der Waals surface area contributed by atoms with Crippen LogP contribution in [0.1, 0.15) is 91.4 Å². The summed E-state index contributed by atoms with van der Waals surface area (Å²) in [5, 5.41) is 0. The molecule has 0 aromatic heterocycles. The number of hydrogen-bond donors (Lipinski definition) is 1. The topological polar surface area (TPSA) is 43.1 Å². The first-order valence-electron chi connectivity index (χ1n) is 7.86. The molecule has 1 atom stereocenters. The Labute approximate surface area is 114 Å². The van der Waals surface area contributed by atoms with Gasteiger partial charge in [-0.25, -0.2) is 0 Å². The Bertz CT molecular complexity index is 215. The summed E-state index contributed by atoms with van der Waals surface area (Å²) in [4.78, 5) is 11.5. The maximum absolute atomic E-state index is 11.5. The molecule has 0 heterocycles. The van der Waals surface area contributed by atoms with E-state index in [9.17, 15) is 4.79 Å². The van der Waals surface area contributed by atoms with Gasteiger partial charge in [-0.2, -0.15) is 0 Å². The fourth-order valence-electron chi connectivity index (χ4n) is 2.57. The van der Waals surface area contributed by atoms with Crippen LogP contribution in [0.25, 0.3) is 0 Å². The number of carbonyl (C=O) groups is 1. The van der Waals surface area contributed by atoms with Crippen molar-refractivity contribution in [1.82, 2.24) is 0 Å². The quantitative estimate of drug-likeness (QED) is 0.500. The summed E-state index contributed by atoms with van der Waals surface area (Å²) in [5.41, 5.74) is 5.25. The smallest absolute Gasteiger partial charge is 0.223 e. The molecule has 18 heavy (non-hydrogen) atoms. The van der Waals surface area contributed by atoms with Crippen molar-refractivity contribution in [2.45, 2.75) is 91.4 Å². The number of hydrogen-bond acceptors (Lipinski definition) is 1. The van der Waals surface area contributed by atoms with Crippen molar-refractivity contribution in [3.8, 4) is 0 Å². The summed E-state index contributed by atoms with van der Waals surface area (Å²) in [7, 11) is 0. The molecule has 0 radical (unpaired) electrons. The second-order valence-electron chi connectivity index (χ2n) is 5.90. The lowest BCUT2D eigenvalue weighted by atomic mass is 9.80. The minimum absolute atomic E-state index is 0.118. The molecule has 0 saturated heterocycles. The summed E-state index contributed by atoms with van der Waals surface area (Å²) in [6.45, 7) is 6.40. The van der Waals surface area contributed by atoms with E-state index in [2.05, 4.69) is 13.8 Å². The van der Waals surface area contributed by atoms with E-state index in [-0.39, 0.29) is 11.3 Å². The summed E-state index contributed by atoms with van der Waals surface area (Å²) in [5.74, 6) is -0.118. The fourth-order valence-corrected chi connectivity index (χ4v) is 2.57. The monoisotopic (exact) mass is 255 g/mol. The van der Waals surface area contributed by atoms with Crippen LogP contribution in [0, 0.1) is 5.41 Å². The van der Waals surface area contributed by atoms with Crippen LogP contribution in [0.15, 0.2) is 0 Å². The number of unbranched alkanes of at least 4 members (excludes halogenated alkanes) is 7. The van der Waals surface area contributed by atoms with Gasteiger partial charge in [0.25, 0.3) is 0 Å². The molecule has 2 N–H and O–H groups in total. The van der Waals surface area contributed by atoms with Gasteiger partial charge in [0.15, 0.2) is 0 Å². The molecule has 0 bridgehead atoms. The van der Waals surface area contributed by atoms with Crippen molar-refractivity contribution in [3.63, 3.8) is 0 Å². The van der Waals surface area contributed by atoms with Crippen LogP contribution in [0.5, 0.6) is 0 Å². The van der Waals surface area contributed by atoms with Gasteiger partial charge in [-0.1, -0.05) is 78.6 Å². The number of primary amides is 1. The zero-order chi connectivity index (χ0) is 13.9. The Morgan fingerprint density at radius 2 is 1.33 bits per heavy atom. The molecule has 1 amide bonds. The molecule has 108 valence electrons. The predicted octanol–water partition coefficient (Wildman–Crippen LogP) is 4.81. The van der Waals surface area contributed by atoms with Crippen LogP contribution in [0.2, 0.25) is 0 Å². The lowest BCUT2D eigenvalue weighted by Crippen LogP contribution is -2.34. The fraction of sp³-hybridized carbons (Fsp3) is 0.938. The molecule has 0 aliphatic carbocycles. The van der Waals surface area contributed by atoms with Crippen LogP contribution >= 0.6 is 0 Å². The van der Waals surface area contributed by atoms with Crippen LogP contribution in [0.3, 0.4) is 0 Å². The maximum atomic E-state index is 11.5. The van der Waals surface area contributed by atoms with E-state index < -0.39 is 0 Å². The van der Waals surface area contributed by atoms with Crippen molar-refractivity contribution >= 4 is 5.91 Å². The van der Waals surface area contributed by atoms with Crippen molar-refractivity contribution in [1.29, 1.82) is 0 Å². The van der Waals surface area contributed by atoms with E-state index in [0.29, 0.717) is 0 Å². The molecule has 2 nitrogen and oxygen atoms in total. The zero-order valence-electron chi connectivity index (χ0n) is 12.8. The number of rotatable bonds is 12. The summed E-state index contributed by atoms with van der Waals surface area (Å²) in [6, 6.07) is 0. The van der Waals surface area contributed by atoms with Gasteiger partial charge in [-0.3, -0.25) is 4.79 Å². The highest BCUT2D eigenvalue weighted by molar-refractivity contribution is 5.80. The first-order valence-corrected chi connectivity index (χ1v) is 7.86. The molecule has 2 heteroatoms. The van der Waals surface area contributed by atoms with Crippen molar-refractivity contribution in [3.05, 3.63) is 0 Å². The van der Waals surface area contributed by atoms with Crippen LogP contribution in [-0.2, 0) is 4.79 Å². The Morgan fingerprint density at radius 3 is 1.78 bits per heavy atom. The normalized spacial score (nSPS) is 14.4. The summed E-state index contributed by atoms with van der Waals surface area (Å²) >= 11 is 0. The third kappa shape index (κ3) is 7.73. The van der Waals surface area contributed by atoms with Gasteiger partial charge < -0.3 is 5.73 Å². The predicted molar refractivity (Wildman–Crippen MR) is 79.4 cm³/mol. The SMILES string of the molecule is CCCCCCCCCCC(C)(CCC)C(N)=O. The first kappa shape index (κ1) is 17.5. The van der Waals surface area contributed by atoms with Crippen molar-refractivity contribution in [2.75, 3.05) is 0 Å². The number of nitrogens with two attached hydrogens (primary N) is 1. The highest BCUT2D eigenvalue weighted by atomic mass is 16.1. The summed E-state index contributed by atoms with van der Waals surface area (Å²) in [6.07, 6.45) is 13.4. The van der Waals surface area contributed by atoms with E-state index in [0.717, 1.165) is 25.7 Å². The molecule has 0 saturated carbocycles. The van der Waals surface area contributed by atoms with Gasteiger partial charge in [-0.05, 0) is 12.8 Å². The Hall–Kier alpha value is -0.530. The van der Waals surface area contributed by atoms with Crippen LogP contribution in [0.4, 0.5) is 0 Å². The molecule has 0 aliphatic rings. The van der Waals surface area contributed by atoms with Crippen molar-refractivity contribution < 1.29 is 4.79 Å². The minimum Gasteiger partial charge on any atom is -0.369 e. The average molecular weight is 255 g/mol. The molecule has 0 rings (SSSR count). The van der Waals surface area contributed by atoms with Crippen LogP contribution < -0.4 is 5.73 Å². The number of carbonyl (C=O) groups excluding carboxylic acids is 1. The third-order valence-corrected chi connectivity index (χ3v) is 3.98. The van der Waals surface area contributed by atoms with E-state index in [4.69, 9.17) is 5.73 Å². The van der Waals surface area contributed by atoms with Gasteiger partial charge in [0.2, 0.25) is 5.91 Å². The minimum atomic E-state index is -0.267. The van der Waals surface area contributed by atoms with Gasteiger partial charge in [0.1, 0.15) is 0 Å². The van der Waals surface area contributed by atoms with Gasteiger partial charge in [-0.15, -0.1) is 0 Å². The molecule has 0 spiro atoms. The summed E-state index contributed by atoms with van der Waals surface area (Å²) < 4.78 is 0. The lowest BCUT2D eigenvalue weighted by molar-refractivity contribution is -0.127. The lowest BCUT2D eigenvalue weighted by Gasteiger charge is -2.25. The Kier molecular flexibility index (Phi) is 10.1. The number of amides is 1. The van der Waals surface area contributed by atoms with E-state index in [1.165, 1.54) is 44.9 Å². The molecule has 0 aromatic carbocycles. The molecule has 0 aromatic rings. The van der Waals surface area contributed by atoms with Gasteiger partial charge >= 0.3 is 0 Å². The van der Waals surface area contributed by atoms with Gasteiger partial charge in [0.05, 0.1) is 0 Å². The molecular formula is C16H33NO. The Morgan fingerprint density at radius 1 is 0.833 bits per heavy atom. The third-order valence-electron chi connectivity index (χ3n) is 3.98. The van der Waals surface area contributed by atoms with Crippen LogP contribution in [-0.4, -0.2) is 5.91 Å². The van der Waals surface area contributed by atoms with Gasteiger partial charge in [0, 0.05) is 5.41 Å². The highest BCUT2D eigenvalue weighted by Gasteiger charge is 2.28. The molecule has 1 unspecified atom stereocenters. The average Bonchev–Trinajstić information content (AvgIpc) is 2.33.